The van der Waals surface area contributed by atoms with Gasteiger partial charge in [-0.15, -0.1) is 0 Å². The Balaban J connectivity index is 1.59. The molecule has 0 radical (unpaired) electrons. The van der Waals surface area contributed by atoms with Crippen LogP contribution in [0.25, 0.3) is 0 Å². The number of ether oxygens (including phenoxy) is 3. The van der Waals surface area contributed by atoms with Gasteiger partial charge in [0.15, 0.2) is 11.5 Å². The number of anilines is 2. The van der Waals surface area contributed by atoms with Crippen LogP contribution in [0.15, 0.2) is 71.8 Å². The van der Waals surface area contributed by atoms with Crippen LogP contribution in [-0.4, -0.2) is 52.3 Å². The van der Waals surface area contributed by atoms with E-state index in [0.717, 1.165) is 11.1 Å². The van der Waals surface area contributed by atoms with Crippen molar-refractivity contribution in [2.45, 2.75) is 12.8 Å². The van der Waals surface area contributed by atoms with Crippen molar-refractivity contribution in [1.82, 2.24) is 0 Å². The SMILES string of the molecule is CN(C(=O)C1=CCOCC1)c1ccccc1Oc1ccccc1N(C)C(=O)C1=CCOCC1. The molecule has 2 amide bonds. The first-order chi connectivity index (χ1) is 16.1. The molecule has 4 rings (SSSR count). The molecular formula is C26H28N2O5. The lowest BCUT2D eigenvalue weighted by Crippen LogP contribution is -2.30. The summed E-state index contributed by atoms with van der Waals surface area (Å²) in [7, 11) is 3.47. The van der Waals surface area contributed by atoms with Crippen molar-refractivity contribution < 1.29 is 23.8 Å². The normalized spacial score (nSPS) is 15.8. The fourth-order valence-corrected chi connectivity index (χ4v) is 3.85. The molecule has 7 nitrogen and oxygen atoms in total. The molecule has 0 aliphatic carbocycles. The van der Waals surface area contributed by atoms with Gasteiger partial charge >= 0.3 is 0 Å². The molecule has 172 valence electrons. The summed E-state index contributed by atoms with van der Waals surface area (Å²) < 4.78 is 16.9. The predicted molar refractivity (Wildman–Crippen MR) is 127 cm³/mol. The lowest BCUT2D eigenvalue weighted by atomic mass is 10.1. The average molecular weight is 449 g/mol. The number of likely N-dealkylation sites (N-methyl/N-ethyl adjacent to an activating group) is 2. The molecule has 0 unspecified atom stereocenters. The Morgan fingerprint density at radius 2 is 1.15 bits per heavy atom. The number of carbonyl (C=O) groups excluding carboxylic acids is 2. The highest BCUT2D eigenvalue weighted by Crippen LogP contribution is 2.37. The van der Waals surface area contributed by atoms with E-state index in [9.17, 15) is 9.59 Å². The monoisotopic (exact) mass is 448 g/mol. The van der Waals surface area contributed by atoms with Crippen LogP contribution in [0, 0.1) is 0 Å². The minimum Gasteiger partial charge on any atom is -0.453 e. The zero-order chi connectivity index (χ0) is 23.2. The number of carbonyl (C=O) groups is 2. The largest absolute Gasteiger partial charge is 0.453 e. The first kappa shape index (κ1) is 22.8. The highest BCUT2D eigenvalue weighted by Gasteiger charge is 2.23. The molecule has 2 aliphatic rings. The van der Waals surface area contributed by atoms with Crippen LogP contribution in [0.1, 0.15) is 12.8 Å². The van der Waals surface area contributed by atoms with E-state index in [0.29, 0.717) is 62.1 Å². The van der Waals surface area contributed by atoms with Gasteiger partial charge in [0.1, 0.15) is 0 Å². The van der Waals surface area contributed by atoms with Crippen molar-refractivity contribution in [2.75, 3.05) is 50.3 Å². The smallest absolute Gasteiger partial charge is 0.253 e. The summed E-state index contributed by atoms with van der Waals surface area (Å²) in [6.07, 6.45) is 4.82. The molecular weight excluding hydrogens is 420 g/mol. The van der Waals surface area contributed by atoms with Gasteiger partial charge in [-0.05, 0) is 24.3 Å². The fourth-order valence-electron chi connectivity index (χ4n) is 3.85. The van der Waals surface area contributed by atoms with E-state index < -0.39 is 0 Å². The third kappa shape index (κ3) is 5.16. The molecule has 0 fully saturated rings. The summed E-state index contributed by atoms with van der Waals surface area (Å²) in [5.41, 5.74) is 2.75. The summed E-state index contributed by atoms with van der Waals surface area (Å²) in [4.78, 5) is 29.2. The summed E-state index contributed by atoms with van der Waals surface area (Å²) in [5, 5.41) is 0. The van der Waals surface area contributed by atoms with Crippen molar-refractivity contribution in [2.24, 2.45) is 0 Å². The summed E-state index contributed by atoms with van der Waals surface area (Å²) in [6, 6.07) is 14.8. The standard InChI is InChI=1S/C26H28N2O5/c1-27(25(29)19-11-15-31-16-12-19)21-7-3-5-9-23(21)33-24-10-6-4-8-22(24)28(2)26(30)20-13-17-32-18-14-20/h3-11,13H,12,14-18H2,1-2H3. The maximum atomic E-state index is 13.0. The second kappa shape index (κ2) is 10.5. The number of rotatable bonds is 6. The van der Waals surface area contributed by atoms with Crippen molar-refractivity contribution in [3.63, 3.8) is 0 Å². The van der Waals surface area contributed by atoms with E-state index in [1.165, 1.54) is 0 Å². The Morgan fingerprint density at radius 3 is 1.55 bits per heavy atom. The molecule has 2 aromatic rings. The van der Waals surface area contributed by atoms with E-state index >= 15 is 0 Å². The first-order valence-corrected chi connectivity index (χ1v) is 11.0. The Labute approximate surface area is 193 Å². The summed E-state index contributed by atoms with van der Waals surface area (Å²) >= 11 is 0. The first-order valence-electron chi connectivity index (χ1n) is 11.0. The number of para-hydroxylation sites is 4. The van der Waals surface area contributed by atoms with Gasteiger partial charge in [-0.25, -0.2) is 0 Å². The number of benzene rings is 2. The fraction of sp³-hybridized carbons (Fsp3) is 0.308. The van der Waals surface area contributed by atoms with Crippen LogP contribution >= 0.6 is 0 Å². The van der Waals surface area contributed by atoms with Crippen molar-refractivity contribution in [3.05, 3.63) is 71.8 Å². The van der Waals surface area contributed by atoms with E-state index in [-0.39, 0.29) is 11.8 Å². The highest BCUT2D eigenvalue weighted by atomic mass is 16.5. The van der Waals surface area contributed by atoms with E-state index in [4.69, 9.17) is 14.2 Å². The van der Waals surface area contributed by atoms with Gasteiger partial charge in [-0.3, -0.25) is 9.59 Å². The molecule has 0 saturated carbocycles. The Kier molecular flexibility index (Phi) is 7.22. The van der Waals surface area contributed by atoms with Crippen molar-refractivity contribution in [3.8, 4) is 11.5 Å². The van der Waals surface area contributed by atoms with Gasteiger partial charge in [-0.2, -0.15) is 0 Å². The maximum absolute atomic E-state index is 13.0. The molecule has 0 bridgehead atoms. The zero-order valence-corrected chi connectivity index (χ0v) is 19.0. The second-order valence-electron chi connectivity index (χ2n) is 7.87. The van der Waals surface area contributed by atoms with Crippen LogP contribution in [0.5, 0.6) is 11.5 Å². The number of amides is 2. The van der Waals surface area contributed by atoms with Gasteiger partial charge in [-0.1, -0.05) is 36.4 Å². The Hall–Kier alpha value is -3.42. The van der Waals surface area contributed by atoms with Gasteiger partial charge in [0.25, 0.3) is 11.8 Å². The van der Waals surface area contributed by atoms with Crippen LogP contribution in [0.3, 0.4) is 0 Å². The minimum absolute atomic E-state index is 0.0821. The molecule has 2 heterocycles. The summed E-state index contributed by atoms with van der Waals surface area (Å²) in [5.74, 6) is 0.891. The molecule has 0 atom stereocenters. The Morgan fingerprint density at radius 1 is 0.727 bits per heavy atom. The van der Waals surface area contributed by atoms with Crippen LogP contribution in [0.2, 0.25) is 0 Å². The van der Waals surface area contributed by atoms with Gasteiger partial charge in [0, 0.05) is 38.1 Å². The predicted octanol–water partition coefficient (Wildman–Crippen LogP) is 4.10. The number of hydrogen-bond acceptors (Lipinski definition) is 5. The quantitative estimate of drug-likeness (QED) is 0.666. The topological polar surface area (TPSA) is 68.3 Å². The molecule has 0 saturated heterocycles. The lowest BCUT2D eigenvalue weighted by Gasteiger charge is -2.25. The molecule has 2 aliphatic heterocycles. The molecule has 2 aromatic carbocycles. The van der Waals surface area contributed by atoms with Crippen LogP contribution in [0.4, 0.5) is 11.4 Å². The molecule has 0 spiro atoms. The maximum Gasteiger partial charge on any atom is 0.253 e. The minimum atomic E-state index is -0.0821. The summed E-state index contributed by atoms with van der Waals surface area (Å²) in [6.45, 7) is 1.98. The Bertz CT molecular complexity index is 1010. The average Bonchev–Trinajstić information content (AvgIpc) is 2.88. The van der Waals surface area contributed by atoms with Crippen LogP contribution in [-0.2, 0) is 19.1 Å². The second-order valence-corrected chi connectivity index (χ2v) is 7.87. The third-order valence-corrected chi connectivity index (χ3v) is 5.76. The van der Waals surface area contributed by atoms with E-state index in [2.05, 4.69) is 0 Å². The van der Waals surface area contributed by atoms with Gasteiger partial charge in [0.2, 0.25) is 0 Å². The highest BCUT2D eigenvalue weighted by molar-refractivity contribution is 6.07. The molecule has 0 N–H and O–H groups in total. The third-order valence-electron chi connectivity index (χ3n) is 5.76. The molecule has 33 heavy (non-hydrogen) atoms. The van der Waals surface area contributed by atoms with Crippen LogP contribution < -0.4 is 14.5 Å². The van der Waals surface area contributed by atoms with Crippen molar-refractivity contribution >= 4 is 23.2 Å². The molecule has 0 aromatic heterocycles. The number of nitrogens with zero attached hydrogens (tertiary/aromatic N) is 2. The van der Waals surface area contributed by atoms with Gasteiger partial charge < -0.3 is 24.0 Å². The van der Waals surface area contributed by atoms with E-state index in [1.54, 1.807) is 23.9 Å². The van der Waals surface area contributed by atoms with E-state index in [1.807, 2.05) is 60.7 Å². The van der Waals surface area contributed by atoms with Gasteiger partial charge in [0.05, 0.1) is 37.8 Å². The zero-order valence-electron chi connectivity index (χ0n) is 19.0. The number of hydrogen-bond donors (Lipinski definition) is 0. The molecule has 7 heteroatoms. The van der Waals surface area contributed by atoms with Crippen molar-refractivity contribution in [1.29, 1.82) is 0 Å². The lowest BCUT2D eigenvalue weighted by molar-refractivity contribution is -0.116.